The lowest BCUT2D eigenvalue weighted by Crippen LogP contribution is -2.30. The van der Waals surface area contributed by atoms with Gasteiger partial charge in [-0.3, -0.25) is 37.3 Å². The molecule has 3 N–H and O–H groups in total. The maximum atomic E-state index is 13.1. The summed E-state index contributed by atoms with van der Waals surface area (Å²) in [6.45, 7) is 11.9. The molecule has 0 amide bonds. The molecule has 0 fully saturated rings. The third kappa shape index (κ3) is 70.9. The van der Waals surface area contributed by atoms with E-state index in [-0.39, 0.29) is 25.7 Å². The van der Waals surface area contributed by atoms with Crippen molar-refractivity contribution in [1.29, 1.82) is 0 Å². The molecule has 0 aromatic rings. The largest absolute Gasteiger partial charge is 0.472 e. The summed E-state index contributed by atoms with van der Waals surface area (Å²) in [5, 5.41) is 10.6. The Bertz CT molecular complexity index is 1890. The van der Waals surface area contributed by atoms with Crippen LogP contribution in [0.1, 0.15) is 402 Å². The maximum absolute atomic E-state index is 13.1. The lowest BCUT2D eigenvalue weighted by Gasteiger charge is -2.21. The van der Waals surface area contributed by atoms with Gasteiger partial charge in [0.2, 0.25) is 0 Å². The number of rotatable bonds is 76. The second-order valence-electron chi connectivity index (χ2n) is 29.3. The third-order valence-electron chi connectivity index (χ3n) is 18.5. The summed E-state index contributed by atoms with van der Waals surface area (Å²) in [4.78, 5) is 72.9. The number of hydrogen-bond acceptors (Lipinski definition) is 15. The number of aliphatic hydroxyl groups is 1. The molecule has 3 unspecified atom stereocenters. The van der Waals surface area contributed by atoms with Crippen LogP contribution >= 0.6 is 15.6 Å². The Labute approximate surface area is 594 Å². The monoisotopic (exact) mass is 1420 g/mol. The van der Waals surface area contributed by atoms with Crippen molar-refractivity contribution in [3.63, 3.8) is 0 Å². The molecule has 6 atom stereocenters. The molecule has 0 radical (unpaired) electrons. The predicted molar refractivity (Wildman–Crippen MR) is 395 cm³/mol. The second-order valence-corrected chi connectivity index (χ2v) is 32.2. The summed E-state index contributed by atoms with van der Waals surface area (Å²) in [7, 11) is -9.91. The van der Waals surface area contributed by atoms with Gasteiger partial charge in [-0.2, -0.15) is 0 Å². The van der Waals surface area contributed by atoms with Gasteiger partial charge in [-0.15, -0.1) is 0 Å². The Balaban J connectivity index is 5.23. The molecular weight excluding hydrogens is 1270 g/mol. The molecule has 0 bridgehead atoms. The lowest BCUT2D eigenvalue weighted by atomic mass is 10.00. The Morgan fingerprint density at radius 2 is 0.526 bits per heavy atom. The van der Waals surface area contributed by atoms with Crippen LogP contribution in [0.4, 0.5) is 0 Å². The van der Waals surface area contributed by atoms with Crippen molar-refractivity contribution >= 4 is 39.5 Å². The number of unbranched alkanes of at least 4 members (excludes halogenated alkanes) is 43. The SMILES string of the molecule is CCCCCCCCCCCCCCCCCCCC(=O)OC[C@H](COP(=O)(O)OC[C@@H](O)COP(=O)(O)OC[C@@H](COC(=O)CCCCCCCCC(C)CC)OC(=O)CCCCCCCCCCC(C)C)OC(=O)CCCCCCCCCCCCCCCCCCC(C)C. The van der Waals surface area contributed by atoms with Crippen LogP contribution in [0, 0.1) is 17.8 Å². The fourth-order valence-corrected chi connectivity index (χ4v) is 13.5. The average Bonchev–Trinajstić information content (AvgIpc) is 1.88. The van der Waals surface area contributed by atoms with Crippen molar-refractivity contribution in [2.75, 3.05) is 39.6 Å². The first-order chi connectivity index (χ1) is 46.8. The fraction of sp³-hybridized carbons (Fsp3) is 0.949. The van der Waals surface area contributed by atoms with E-state index in [0.717, 1.165) is 114 Å². The molecule has 0 aromatic carbocycles. The molecular formula is C78H152O17P2. The molecule has 0 aromatic heterocycles. The normalized spacial score (nSPS) is 14.3. The van der Waals surface area contributed by atoms with Crippen LogP contribution in [0.25, 0.3) is 0 Å². The number of aliphatic hydroxyl groups excluding tert-OH is 1. The van der Waals surface area contributed by atoms with E-state index in [0.29, 0.717) is 25.7 Å². The average molecular weight is 1420 g/mol. The van der Waals surface area contributed by atoms with E-state index in [2.05, 4.69) is 48.5 Å². The van der Waals surface area contributed by atoms with Crippen molar-refractivity contribution in [3.05, 3.63) is 0 Å². The summed E-state index contributed by atoms with van der Waals surface area (Å²) < 4.78 is 68.6. The highest BCUT2D eigenvalue weighted by Gasteiger charge is 2.30. The van der Waals surface area contributed by atoms with Gasteiger partial charge in [0, 0.05) is 25.7 Å². The minimum absolute atomic E-state index is 0.104. The molecule has 17 nitrogen and oxygen atoms in total. The Kier molecular flexibility index (Phi) is 67.1. The fourth-order valence-electron chi connectivity index (χ4n) is 11.9. The lowest BCUT2D eigenvalue weighted by molar-refractivity contribution is -0.161. The van der Waals surface area contributed by atoms with Gasteiger partial charge in [-0.05, 0) is 43.4 Å². The van der Waals surface area contributed by atoms with Gasteiger partial charge in [0.15, 0.2) is 12.2 Å². The first-order valence-electron chi connectivity index (χ1n) is 40.4. The summed E-state index contributed by atoms with van der Waals surface area (Å²) in [5.74, 6) is 0.140. The Hall–Kier alpha value is -1.94. The van der Waals surface area contributed by atoms with Gasteiger partial charge in [0.05, 0.1) is 26.4 Å². The molecule has 0 aliphatic rings. The van der Waals surface area contributed by atoms with E-state index in [1.165, 1.54) is 205 Å². The standard InChI is InChI=1S/C78H152O17P2/c1-8-10-11-12-13-14-15-16-17-18-22-25-28-31-37-45-52-59-75(80)88-65-73(94-77(82)61-54-47-38-32-29-26-23-20-19-21-24-27-30-35-42-49-56-69(3)4)67-92-96(84,85)90-63-72(79)64-91-97(86,87)93-68-74(66-89-76(81)60-53-46-41-40-44-51-58-71(7)9-2)95-78(83)62-55-48-39-34-33-36-43-50-57-70(5)6/h69-74,79H,8-68H2,1-7H3,(H,84,85)(H,86,87)/t71?,72-,73-,74-/m1/s1. The van der Waals surface area contributed by atoms with Crippen LogP contribution < -0.4 is 0 Å². The van der Waals surface area contributed by atoms with Gasteiger partial charge in [0.25, 0.3) is 0 Å². The van der Waals surface area contributed by atoms with E-state index in [4.69, 9.17) is 37.0 Å². The zero-order chi connectivity index (χ0) is 71.6. The molecule has 0 rings (SSSR count). The minimum atomic E-state index is -4.96. The van der Waals surface area contributed by atoms with Crippen LogP contribution in [0.5, 0.6) is 0 Å². The van der Waals surface area contributed by atoms with Crippen LogP contribution in [0.3, 0.4) is 0 Å². The topological polar surface area (TPSA) is 237 Å². The summed E-state index contributed by atoms with van der Waals surface area (Å²) in [6.07, 6.45) is 55.6. The number of carbonyl (C=O) groups excluding carboxylic acids is 4. The molecule has 97 heavy (non-hydrogen) atoms. The van der Waals surface area contributed by atoms with Crippen molar-refractivity contribution in [3.8, 4) is 0 Å². The maximum Gasteiger partial charge on any atom is 0.472 e. The highest BCUT2D eigenvalue weighted by Crippen LogP contribution is 2.45. The summed E-state index contributed by atoms with van der Waals surface area (Å²) >= 11 is 0. The molecule has 0 saturated heterocycles. The number of phosphoric acid groups is 2. The zero-order valence-corrected chi connectivity index (χ0v) is 65.3. The third-order valence-corrected chi connectivity index (χ3v) is 20.4. The summed E-state index contributed by atoms with van der Waals surface area (Å²) in [5.41, 5.74) is 0. The predicted octanol–water partition coefficient (Wildman–Crippen LogP) is 23.0. The van der Waals surface area contributed by atoms with Gasteiger partial charge in [0.1, 0.15) is 19.3 Å². The van der Waals surface area contributed by atoms with Crippen molar-refractivity contribution in [2.45, 2.75) is 420 Å². The molecule has 0 spiro atoms. The number of phosphoric ester groups is 2. The zero-order valence-electron chi connectivity index (χ0n) is 63.5. The van der Waals surface area contributed by atoms with Gasteiger partial charge < -0.3 is 33.8 Å². The Morgan fingerprint density at radius 1 is 0.299 bits per heavy atom. The van der Waals surface area contributed by atoms with Crippen LogP contribution in [0.2, 0.25) is 0 Å². The molecule has 0 heterocycles. The first kappa shape index (κ1) is 95.1. The smallest absolute Gasteiger partial charge is 0.462 e. The highest BCUT2D eigenvalue weighted by molar-refractivity contribution is 7.47. The highest BCUT2D eigenvalue weighted by atomic mass is 31.2. The van der Waals surface area contributed by atoms with Crippen molar-refractivity contribution < 1.29 is 80.2 Å². The van der Waals surface area contributed by atoms with E-state index < -0.39 is 97.5 Å². The van der Waals surface area contributed by atoms with Crippen LogP contribution in [-0.2, 0) is 65.4 Å². The van der Waals surface area contributed by atoms with Crippen LogP contribution in [-0.4, -0.2) is 96.7 Å². The van der Waals surface area contributed by atoms with E-state index in [1.807, 2.05) is 0 Å². The van der Waals surface area contributed by atoms with E-state index in [9.17, 15) is 43.2 Å². The molecule has 0 aliphatic heterocycles. The molecule has 576 valence electrons. The molecule has 19 heteroatoms. The number of ether oxygens (including phenoxy) is 4. The second kappa shape index (κ2) is 68.5. The quantitative estimate of drug-likeness (QED) is 0.0222. The number of hydrogen-bond donors (Lipinski definition) is 3. The van der Waals surface area contributed by atoms with Gasteiger partial charge >= 0.3 is 39.5 Å². The Morgan fingerprint density at radius 3 is 0.784 bits per heavy atom. The van der Waals surface area contributed by atoms with Crippen molar-refractivity contribution in [2.24, 2.45) is 17.8 Å². The van der Waals surface area contributed by atoms with Crippen molar-refractivity contribution in [1.82, 2.24) is 0 Å². The minimum Gasteiger partial charge on any atom is -0.462 e. The first-order valence-corrected chi connectivity index (χ1v) is 43.4. The molecule has 0 saturated carbocycles. The molecule has 0 aliphatic carbocycles. The number of carbonyl (C=O) groups is 4. The van der Waals surface area contributed by atoms with Gasteiger partial charge in [-0.1, -0.05) is 350 Å². The van der Waals surface area contributed by atoms with Gasteiger partial charge in [-0.25, -0.2) is 9.13 Å². The van der Waals surface area contributed by atoms with E-state index >= 15 is 0 Å². The van der Waals surface area contributed by atoms with Crippen LogP contribution in [0.15, 0.2) is 0 Å². The number of esters is 4. The summed E-state index contributed by atoms with van der Waals surface area (Å²) in [6, 6.07) is 0. The van der Waals surface area contributed by atoms with E-state index in [1.54, 1.807) is 0 Å².